The van der Waals surface area contributed by atoms with Gasteiger partial charge in [0.1, 0.15) is 18.2 Å². The number of hydrogen-bond donors (Lipinski definition) is 0. The Morgan fingerprint density at radius 2 is 1.96 bits per heavy atom. The number of halogens is 2. The highest BCUT2D eigenvalue weighted by molar-refractivity contribution is 5.95. The molecule has 1 fully saturated rings. The van der Waals surface area contributed by atoms with Crippen LogP contribution in [0.25, 0.3) is 0 Å². The Balaban J connectivity index is 1.73. The van der Waals surface area contributed by atoms with Crippen molar-refractivity contribution in [3.05, 3.63) is 65.2 Å². The molecule has 2 aromatic rings. The molecule has 2 amide bonds. The Bertz CT molecular complexity index is 887. The van der Waals surface area contributed by atoms with E-state index in [1.165, 1.54) is 40.1 Å². The van der Waals surface area contributed by atoms with E-state index in [4.69, 9.17) is 4.74 Å². The maximum absolute atomic E-state index is 14.0. The fraction of sp³-hybridized carbons (Fsp3) is 0.263. The number of amides is 2. The second-order valence-corrected chi connectivity index (χ2v) is 6.37. The molecule has 4 rings (SSSR count). The van der Waals surface area contributed by atoms with Gasteiger partial charge in [-0.15, -0.1) is 0 Å². The lowest BCUT2D eigenvalue weighted by Gasteiger charge is -2.32. The summed E-state index contributed by atoms with van der Waals surface area (Å²) in [6.07, 6.45) is -0.0576. The van der Waals surface area contributed by atoms with Gasteiger partial charge in [-0.3, -0.25) is 9.69 Å². The molecule has 7 heteroatoms. The summed E-state index contributed by atoms with van der Waals surface area (Å²) in [7, 11) is 0. The minimum Gasteiger partial charge on any atom is -0.447 e. The molecule has 0 bridgehead atoms. The largest absolute Gasteiger partial charge is 0.447 e. The van der Waals surface area contributed by atoms with Gasteiger partial charge < -0.3 is 9.64 Å². The summed E-state index contributed by atoms with van der Waals surface area (Å²) in [6.45, 7) is 0.664. The SMILES string of the molecule is O=C(c1ccccc1F)N1CCC2COC(=O)N2c2cc(F)ccc2C1. The van der Waals surface area contributed by atoms with E-state index in [0.29, 0.717) is 24.2 Å². The number of anilines is 1. The van der Waals surface area contributed by atoms with Crippen LogP contribution in [0.5, 0.6) is 0 Å². The third-order valence-corrected chi connectivity index (χ3v) is 4.75. The summed E-state index contributed by atoms with van der Waals surface area (Å²) in [5, 5.41) is 0. The molecule has 2 aromatic carbocycles. The third-order valence-electron chi connectivity index (χ3n) is 4.75. The van der Waals surface area contributed by atoms with Gasteiger partial charge in [0.25, 0.3) is 5.91 Å². The number of cyclic esters (lactones) is 1. The molecule has 2 aliphatic rings. The Morgan fingerprint density at radius 1 is 1.15 bits per heavy atom. The standard InChI is InChI=1S/C19H16F2N2O3/c20-13-6-5-12-10-22(18(24)15-3-1-2-4-16(15)21)8-7-14-11-26-19(25)23(14)17(12)9-13/h1-6,9,14H,7-8,10-11H2. The predicted octanol–water partition coefficient (Wildman–Crippen LogP) is 3.34. The number of carbonyl (C=O) groups is 2. The highest BCUT2D eigenvalue weighted by atomic mass is 19.1. The molecular formula is C19H16F2N2O3. The van der Waals surface area contributed by atoms with Gasteiger partial charge in [0.05, 0.1) is 17.3 Å². The Morgan fingerprint density at radius 3 is 2.77 bits per heavy atom. The molecule has 1 atom stereocenters. The number of benzene rings is 2. The minimum absolute atomic E-state index is 0.00709. The Kier molecular flexibility index (Phi) is 4.06. The second-order valence-electron chi connectivity index (χ2n) is 6.37. The van der Waals surface area contributed by atoms with E-state index in [1.807, 2.05) is 0 Å². The van der Waals surface area contributed by atoms with E-state index in [0.717, 1.165) is 0 Å². The van der Waals surface area contributed by atoms with Gasteiger partial charge in [0.2, 0.25) is 0 Å². The molecule has 2 heterocycles. The fourth-order valence-electron chi connectivity index (χ4n) is 3.43. The predicted molar refractivity (Wildman–Crippen MR) is 89.8 cm³/mol. The van der Waals surface area contributed by atoms with E-state index in [9.17, 15) is 18.4 Å². The van der Waals surface area contributed by atoms with Crippen molar-refractivity contribution in [2.45, 2.75) is 19.0 Å². The fourth-order valence-corrected chi connectivity index (χ4v) is 3.43. The molecule has 26 heavy (non-hydrogen) atoms. The van der Waals surface area contributed by atoms with Gasteiger partial charge in [-0.05, 0) is 36.2 Å². The number of rotatable bonds is 1. The summed E-state index contributed by atoms with van der Waals surface area (Å²) in [5.74, 6) is -1.49. The molecule has 0 N–H and O–H groups in total. The zero-order chi connectivity index (χ0) is 18.3. The zero-order valence-electron chi connectivity index (χ0n) is 13.8. The summed E-state index contributed by atoms with van der Waals surface area (Å²) in [5.41, 5.74) is 0.996. The molecule has 0 radical (unpaired) electrons. The quantitative estimate of drug-likeness (QED) is 0.786. The lowest BCUT2D eigenvalue weighted by atomic mass is 10.0. The van der Waals surface area contributed by atoms with E-state index in [-0.39, 0.29) is 24.8 Å². The molecule has 5 nitrogen and oxygen atoms in total. The van der Waals surface area contributed by atoms with Crippen molar-refractivity contribution in [3.8, 4) is 0 Å². The van der Waals surface area contributed by atoms with Crippen LogP contribution in [0.2, 0.25) is 0 Å². The molecule has 0 saturated carbocycles. The van der Waals surface area contributed by atoms with E-state index in [2.05, 4.69) is 0 Å². The van der Waals surface area contributed by atoms with E-state index < -0.39 is 23.6 Å². The average Bonchev–Trinajstić information content (AvgIpc) is 2.97. The normalized spacial score (nSPS) is 19.3. The minimum atomic E-state index is -0.583. The van der Waals surface area contributed by atoms with E-state index >= 15 is 0 Å². The van der Waals surface area contributed by atoms with Crippen LogP contribution in [0.1, 0.15) is 22.3 Å². The van der Waals surface area contributed by atoms with Crippen LogP contribution >= 0.6 is 0 Å². The van der Waals surface area contributed by atoms with Gasteiger partial charge >= 0.3 is 6.09 Å². The van der Waals surface area contributed by atoms with Crippen LogP contribution in [-0.4, -0.2) is 36.1 Å². The number of ether oxygens (including phenoxy) is 1. The van der Waals surface area contributed by atoms with E-state index in [1.54, 1.807) is 12.1 Å². The first-order valence-corrected chi connectivity index (χ1v) is 8.33. The smallest absolute Gasteiger partial charge is 0.414 e. The van der Waals surface area contributed by atoms with Crippen molar-refractivity contribution in [1.29, 1.82) is 0 Å². The van der Waals surface area contributed by atoms with Crippen LogP contribution in [0.3, 0.4) is 0 Å². The van der Waals surface area contributed by atoms with Crippen molar-refractivity contribution in [2.75, 3.05) is 18.1 Å². The number of nitrogens with zero attached hydrogens (tertiary/aromatic N) is 2. The topological polar surface area (TPSA) is 49.9 Å². The highest BCUT2D eigenvalue weighted by Crippen LogP contribution is 2.32. The van der Waals surface area contributed by atoms with Gasteiger partial charge in [-0.2, -0.15) is 0 Å². The zero-order valence-corrected chi connectivity index (χ0v) is 13.8. The van der Waals surface area contributed by atoms with Crippen molar-refractivity contribution in [3.63, 3.8) is 0 Å². The average molecular weight is 358 g/mol. The first-order chi connectivity index (χ1) is 12.5. The van der Waals surface area contributed by atoms with Gasteiger partial charge in [0.15, 0.2) is 0 Å². The maximum atomic E-state index is 14.0. The van der Waals surface area contributed by atoms with Crippen molar-refractivity contribution in [2.24, 2.45) is 0 Å². The molecule has 2 aliphatic heterocycles. The van der Waals surface area contributed by atoms with Crippen molar-refractivity contribution >= 4 is 17.7 Å². The lowest BCUT2D eigenvalue weighted by molar-refractivity contribution is 0.0730. The monoisotopic (exact) mass is 358 g/mol. The summed E-state index contributed by atoms with van der Waals surface area (Å²) in [4.78, 5) is 27.9. The van der Waals surface area contributed by atoms with Crippen LogP contribution < -0.4 is 4.90 Å². The van der Waals surface area contributed by atoms with Crippen LogP contribution in [0.4, 0.5) is 19.3 Å². The van der Waals surface area contributed by atoms with Crippen molar-refractivity contribution < 1.29 is 23.1 Å². The molecule has 134 valence electrons. The third kappa shape index (κ3) is 2.79. The molecular weight excluding hydrogens is 342 g/mol. The van der Waals surface area contributed by atoms with Gasteiger partial charge in [-0.1, -0.05) is 18.2 Å². The van der Waals surface area contributed by atoms with Crippen LogP contribution in [0, 0.1) is 11.6 Å². The second kappa shape index (κ2) is 6.40. The molecule has 1 saturated heterocycles. The van der Waals surface area contributed by atoms with Crippen LogP contribution in [0.15, 0.2) is 42.5 Å². The van der Waals surface area contributed by atoms with Crippen LogP contribution in [-0.2, 0) is 11.3 Å². The first kappa shape index (κ1) is 16.5. The number of carbonyl (C=O) groups excluding carboxylic acids is 2. The van der Waals surface area contributed by atoms with Crippen molar-refractivity contribution in [1.82, 2.24) is 4.90 Å². The Labute approximate surface area is 148 Å². The number of hydrogen-bond acceptors (Lipinski definition) is 3. The maximum Gasteiger partial charge on any atom is 0.414 e. The summed E-state index contributed by atoms with van der Waals surface area (Å²) < 4.78 is 32.9. The van der Waals surface area contributed by atoms with Gasteiger partial charge in [-0.25, -0.2) is 13.6 Å². The first-order valence-electron chi connectivity index (χ1n) is 8.33. The summed E-state index contributed by atoms with van der Waals surface area (Å²) in [6, 6.07) is 9.61. The lowest BCUT2D eigenvalue weighted by Crippen LogP contribution is -2.42. The van der Waals surface area contributed by atoms with Gasteiger partial charge in [0, 0.05) is 13.1 Å². The molecule has 1 unspecified atom stereocenters. The number of fused-ring (bicyclic) bond motifs is 3. The molecule has 0 aromatic heterocycles. The summed E-state index contributed by atoms with van der Waals surface area (Å²) >= 11 is 0. The Hall–Kier alpha value is -2.96. The highest BCUT2D eigenvalue weighted by Gasteiger charge is 2.38. The molecule has 0 spiro atoms. The molecule has 0 aliphatic carbocycles.